The van der Waals surface area contributed by atoms with Gasteiger partial charge in [-0.3, -0.25) is 4.90 Å². The van der Waals surface area contributed by atoms with Gasteiger partial charge in [-0.1, -0.05) is 0 Å². The van der Waals surface area contributed by atoms with E-state index >= 15 is 0 Å². The summed E-state index contributed by atoms with van der Waals surface area (Å²) in [5, 5.41) is 5.87. The number of urea groups is 2. The average molecular weight is 366 g/mol. The largest absolute Gasteiger partial charge is 0.500 e. The molecule has 2 saturated heterocycles. The Morgan fingerprint density at radius 1 is 1.31 bits per heavy atom. The smallest absolute Gasteiger partial charge is 0.376 e. The fourth-order valence-electron chi connectivity index (χ4n) is 3.69. The maximum Gasteiger partial charge on any atom is 0.500 e. The maximum absolute atomic E-state index is 12.4. The molecule has 0 aromatic carbocycles. The third-order valence-electron chi connectivity index (χ3n) is 5.31. The van der Waals surface area contributed by atoms with E-state index in [-0.39, 0.29) is 30.1 Å². The van der Waals surface area contributed by atoms with Crippen LogP contribution in [0.15, 0.2) is 0 Å². The molecule has 144 valence electrons. The quantitative estimate of drug-likeness (QED) is 0.661. The monoisotopic (exact) mass is 366 g/mol. The van der Waals surface area contributed by atoms with E-state index in [0.717, 1.165) is 37.2 Å². The van der Waals surface area contributed by atoms with Crippen LogP contribution in [0, 0.1) is 0 Å². The second-order valence-corrected chi connectivity index (χ2v) is 7.18. The highest BCUT2D eigenvalue weighted by Crippen LogP contribution is 2.16. The van der Waals surface area contributed by atoms with Crippen molar-refractivity contribution in [1.82, 2.24) is 20.4 Å². The molecule has 5 amide bonds. The number of nitrogens with zero attached hydrogens (tertiary/aromatic N) is 3. The summed E-state index contributed by atoms with van der Waals surface area (Å²) in [6, 6.07) is -0.807. The second-order valence-electron chi connectivity index (χ2n) is 7.18. The lowest BCUT2D eigenvalue weighted by Gasteiger charge is -2.36. The summed E-state index contributed by atoms with van der Waals surface area (Å²) in [6.07, 6.45) is 5.40. The highest BCUT2D eigenvalue weighted by atomic mass is 16.5. The van der Waals surface area contributed by atoms with Gasteiger partial charge in [-0.2, -0.15) is 9.69 Å². The number of nitrogens with one attached hydrogen (secondary N) is 2. The van der Waals surface area contributed by atoms with Crippen molar-refractivity contribution in [1.29, 1.82) is 0 Å². The summed E-state index contributed by atoms with van der Waals surface area (Å²) in [7, 11) is 3.17. The van der Waals surface area contributed by atoms with Gasteiger partial charge in [-0.25, -0.2) is 14.2 Å². The van der Waals surface area contributed by atoms with Crippen LogP contribution in [0.25, 0.3) is 0 Å². The van der Waals surface area contributed by atoms with E-state index in [1.807, 2.05) is 0 Å². The number of carbonyl (C=O) groups is 3. The molecular weight excluding hydrogens is 338 g/mol. The summed E-state index contributed by atoms with van der Waals surface area (Å²) in [5.74, 6) is -0.200. The predicted octanol–water partition coefficient (Wildman–Crippen LogP) is -0.397. The van der Waals surface area contributed by atoms with Crippen molar-refractivity contribution < 1.29 is 23.7 Å². The van der Waals surface area contributed by atoms with Crippen molar-refractivity contribution in [2.75, 3.05) is 40.3 Å². The fourth-order valence-corrected chi connectivity index (χ4v) is 3.69. The molecule has 26 heavy (non-hydrogen) atoms. The number of piperidine rings is 1. The van der Waals surface area contributed by atoms with Crippen LogP contribution in [-0.4, -0.2) is 97.1 Å². The lowest BCUT2D eigenvalue weighted by molar-refractivity contribution is -0.401. The summed E-state index contributed by atoms with van der Waals surface area (Å²) in [6.45, 7) is 2.71. The Bertz CT molecular complexity index is 594. The Balaban J connectivity index is 1.44. The molecule has 0 saturated carbocycles. The van der Waals surface area contributed by atoms with Gasteiger partial charge in [-0.05, 0) is 25.7 Å². The number of carbonyl (C=O) groups excluding carboxylic acids is 3. The number of rotatable bonds is 4. The van der Waals surface area contributed by atoms with Crippen molar-refractivity contribution in [3.63, 3.8) is 0 Å². The molecule has 3 heterocycles. The van der Waals surface area contributed by atoms with E-state index in [2.05, 4.69) is 15.5 Å². The van der Waals surface area contributed by atoms with Crippen LogP contribution >= 0.6 is 0 Å². The lowest BCUT2D eigenvalue weighted by Crippen LogP contribution is -2.59. The normalized spacial score (nSPS) is 28.2. The van der Waals surface area contributed by atoms with Crippen molar-refractivity contribution >= 4 is 24.2 Å². The summed E-state index contributed by atoms with van der Waals surface area (Å²) < 4.78 is 6.95. The molecular formula is C17H28N5O4+. The van der Waals surface area contributed by atoms with Gasteiger partial charge in [0.05, 0.1) is 20.2 Å². The first-order valence-electron chi connectivity index (χ1n) is 9.25. The highest BCUT2D eigenvalue weighted by molar-refractivity contribution is 6.06. The summed E-state index contributed by atoms with van der Waals surface area (Å²) in [5.41, 5.74) is 0. The Labute approximate surface area is 153 Å². The molecule has 0 aromatic rings. The van der Waals surface area contributed by atoms with Gasteiger partial charge in [0, 0.05) is 32.3 Å². The van der Waals surface area contributed by atoms with Gasteiger partial charge in [0.2, 0.25) is 0 Å². The van der Waals surface area contributed by atoms with Crippen LogP contribution in [-0.2, 0) is 9.53 Å². The number of ether oxygens (including phenoxy) is 1. The fraction of sp³-hybridized carbons (Fsp3) is 0.765. The Morgan fingerprint density at radius 2 is 2.04 bits per heavy atom. The first kappa shape index (κ1) is 18.8. The van der Waals surface area contributed by atoms with Crippen LogP contribution in [0.2, 0.25) is 0 Å². The summed E-state index contributed by atoms with van der Waals surface area (Å²) >= 11 is 0. The zero-order chi connectivity index (χ0) is 18.7. The molecule has 0 bridgehead atoms. The molecule has 0 aliphatic carbocycles. The number of hydrogen-bond donors (Lipinski definition) is 2. The first-order valence-corrected chi connectivity index (χ1v) is 9.25. The molecule has 2 N–H and O–H groups in total. The van der Waals surface area contributed by atoms with E-state index in [0.29, 0.717) is 19.6 Å². The third kappa shape index (κ3) is 4.21. The van der Waals surface area contributed by atoms with E-state index in [1.165, 1.54) is 11.6 Å². The highest BCUT2D eigenvalue weighted by Gasteiger charge is 2.42. The molecule has 9 heteroatoms. The summed E-state index contributed by atoms with van der Waals surface area (Å²) in [4.78, 5) is 39.4. The van der Waals surface area contributed by atoms with Crippen molar-refractivity contribution in [2.45, 2.75) is 43.9 Å². The van der Waals surface area contributed by atoms with Crippen LogP contribution in [0.5, 0.6) is 0 Å². The first-order chi connectivity index (χ1) is 12.5. The molecule has 0 spiro atoms. The van der Waals surface area contributed by atoms with Gasteiger partial charge in [0.1, 0.15) is 6.21 Å². The molecule has 9 nitrogen and oxygen atoms in total. The van der Waals surface area contributed by atoms with E-state index in [9.17, 15) is 14.4 Å². The van der Waals surface area contributed by atoms with Crippen LogP contribution in [0.4, 0.5) is 9.59 Å². The molecule has 0 aromatic heterocycles. The number of likely N-dealkylation sites (tertiary alicyclic amines) is 1. The zero-order valence-corrected chi connectivity index (χ0v) is 15.4. The lowest BCUT2D eigenvalue weighted by atomic mass is 10.0. The number of imide groups is 1. The Morgan fingerprint density at radius 3 is 2.69 bits per heavy atom. The zero-order valence-electron chi connectivity index (χ0n) is 15.4. The van der Waals surface area contributed by atoms with E-state index in [1.54, 1.807) is 13.3 Å². The van der Waals surface area contributed by atoms with Gasteiger partial charge < -0.3 is 15.4 Å². The van der Waals surface area contributed by atoms with Crippen molar-refractivity contribution in [2.24, 2.45) is 0 Å². The van der Waals surface area contributed by atoms with E-state index < -0.39 is 6.04 Å². The molecule has 3 aliphatic rings. The van der Waals surface area contributed by atoms with Gasteiger partial charge in [0.25, 0.3) is 0 Å². The van der Waals surface area contributed by atoms with Crippen LogP contribution in [0.1, 0.15) is 25.7 Å². The Hall–Kier alpha value is -2.00. The Kier molecular flexibility index (Phi) is 5.87. The molecule has 2 atom stereocenters. The maximum atomic E-state index is 12.4. The van der Waals surface area contributed by atoms with Gasteiger partial charge in [0.15, 0.2) is 6.04 Å². The standard InChI is InChI=1S/C17H27N5O4/c1-20-11-14(15(23)21(2)17(20)25)22-7-5-12(6-8-22)19-16(24)18-10-13-4-3-9-26-13/h11-14H,3-10H2,1-2H3,(H-,18,19,24)/p+1. The molecule has 3 aliphatic heterocycles. The minimum Gasteiger partial charge on any atom is -0.376 e. The average Bonchev–Trinajstić information content (AvgIpc) is 3.16. The minimum absolute atomic E-state index is 0.0894. The minimum atomic E-state index is -0.419. The number of amides is 5. The third-order valence-corrected chi connectivity index (χ3v) is 5.31. The van der Waals surface area contributed by atoms with Crippen LogP contribution in [0.3, 0.4) is 0 Å². The van der Waals surface area contributed by atoms with Gasteiger partial charge >= 0.3 is 18.0 Å². The molecule has 2 unspecified atom stereocenters. The SMILES string of the molecule is CN1C(=O)C(N2CCC(NC(=O)NCC3CCCO3)CC2)C=[N+](C)C1=O. The van der Waals surface area contributed by atoms with Crippen molar-refractivity contribution in [3.8, 4) is 0 Å². The topological polar surface area (TPSA) is 94.0 Å². The van der Waals surface area contributed by atoms with Crippen molar-refractivity contribution in [3.05, 3.63) is 0 Å². The number of hydrogen-bond acceptors (Lipinski definition) is 5. The molecule has 3 rings (SSSR count). The van der Waals surface area contributed by atoms with E-state index in [4.69, 9.17) is 4.74 Å². The van der Waals surface area contributed by atoms with Gasteiger partial charge in [-0.15, -0.1) is 0 Å². The molecule has 2 fully saturated rings. The number of likely N-dealkylation sites (N-methyl/N-ethyl adjacent to an activating group) is 1. The van der Waals surface area contributed by atoms with Crippen LogP contribution < -0.4 is 10.6 Å². The molecule has 0 radical (unpaired) electrons. The second kappa shape index (κ2) is 8.13. The predicted molar refractivity (Wildman–Crippen MR) is 94.3 cm³/mol.